The van der Waals surface area contributed by atoms with Gasteiger partial charge in [-0.25, -0.2) is 0 Å². The summed E-state index contributed by atoms with van der Waals surface area (Å²) in [6, 6.07) is 10.8. The van der Waals surface area contributed by atoms with Crippen LogP contribution in [0.1, 0.15) is 12.0 Å². The molecule has 1 aromatic rings. The van der Waals surface area contributed by atoms with Gasteiger partial charge in [-0.3, -0.25) is 4.90 Å². The maximum Gasteiger partial charge on any atom is 0.0635 e. The predicted molar refractivity (Wildman–Crippen MR) is 70.1 cm³/mol. The summed E-state index contributed by atoms with van der Waals surface area (Å²) in [5.41, 5.74) is 2.70. The fourth-order valence-electron chi connectivity index (χ4n) is 2.34. The summed E-state index contributed by atoms with van der Waals surface area (Å²) >= 11 is 0. The van der Waals surface area contributed by atoms with Crippen LogP contribution in [0, 0.1) is 18.3 Å². The smallest absolute Gasteiger partial charge is 0.0635 e. The molecule has 0 radical (unpaired) electrons. The number of aryl methyl sites for hydroxylation is 1. The lowest BCUT2D eigenvalue weighted by Gasteiger charge is -2.36. The Labute approximate surface area is 103 Å². The van der Waals surface area contributed by atoms with Crippen LogP contribution < -0.4 is 4.90 Å². The first kappa shape index (κ1) is 11.9. The van der Waals surface area contributed by atoms with Gasteiger partial charge in [0.15, 0.2) is 0 Å². The summed E-state index contributed by atoms with van der Waals surface area (Å²) in [5, 5.41) is 8.58. The number of benzene rings is 1. The molecule has 3 nitrogen and oxygen atoms in total. The van der Waals surface area contributed by atoms with E-state index < -0.39 is 0 Å². The molecule has 90 valence electrons. The minimum absolute atomic E-state index is 0.643. The molecule has 0 spiro atoms. The molecule has 0 aliphatic carbocycles. The Bertz CT molecular complexity index is 400. The van der Waals surface area contributed by atoms with Gasteiger partial charge in [-0.1, -0.05) is 18.2 Å². The summed E-state index contributed by atoms with van der Waals surface area (Å²) in [6.07, 6.45) is 0.643. The number of hydrogen-bond donors (Lipinski definition) is 0. The fraction of sp³-hybridized carbons (Fsp3) is 0.500. The summed E-state index contributed by atoms with van der Waals surface area (Å²) < 4.78 is 0. The van der Waals surface area contributed by atoms with Crippen molar-refractivity contribution in [1.29, 1.82) is 5.26 Å². The third-order valence-corrected chi connectivity index (χ3v) is 3.37. The lowest BCUT2D eigenvalue weighted by atomic mass is 10.1. The molecule has 0 amide bonds. The van der Waals surface area contributed by atoms with Gasteiger partial charge in [0.2, 0.25) is 0 Å². The Balaban J connectivity index is 1.91. The molecule has 0 aromatic heterocycles. The average molecular weight is 229 g/mol. The van der Waals surface area contributed by atoms with Crippen LogP contribution in [0.5, 0.6) is 0 Å². The SMILES string of the molecule is Cc1ccccc1N1CCN(CCC#N)CC1. The molecule has 0 N–H and O–H groups in total. The lowest BCUT2D eigenvalue weighted by molar-refractivity contribution is 0.263. The minimum atomic E-state index is 0.643. The van der Waals surface area contributed by atoms with Crippen molar-refractivity contribution in [3.8, 4) is 6.07 Å². The molecule has 1 heterocycles. The first-order valence-corrected chi connectivity index (χ1v) is 6.21. The van der Waals surface area contributed by atoms with Gasteiger partial charge in [-0.2, -0.15) is 5.26 Å². The largest absolute Gasteiger partial charge is 0.369 e. The Morgan fingerprint density at radius 3 is 2.53 bits per heavy atom. The fourth-order valence-corrected chi connectivity index (χ4v) is 2.34. The number of piperazine rings is 1. The molecule has 0 bridgehead atoms. The normalized spacial score (nSPS) is 16.8. The predicted octanol–water partition coefficient (Wildman–Crippen LogP) is 2.03. The van der Waals surface area contributed by atoms with Gasteiger partial charge < -0.3 is 4.90 Å². The van der Waals surface area contributed by atoms with E-state index in [2.05, 4.69) is 47.1 Å². The van der Waals surface area contributed by atoms with E-state index in [0.717, 1.165) is 32.7 Å². The Kier molecular flexibility index (Phi) is 4.00. The van der Waals surface area contributed by atoms with E-state index in [9.17, 15) is 0 Å². The molecule has 1 saturated heterocycles. The standard InChI is InChI=1S/C14H19N3/c1-13-5-2-3-6-14(13)17-11-9-16(10-12-17)8-4-7-15/h2-3,5-6H,4,8-12H2,1H3. The Hall–Kier alpha value is -1.53. The van der Waals surface area contributed by atoms with E-state index in [1.54, 1.807) is 0 Å². The number of anilines is 1. The van der Waals surface area contributed by atoms with E-state index in [0.29, 0.717) is 6.42 Å². The zero-order chi connectivity index (χ0) is 12.1. The second-order valence-corrected chi connectivity index (χ2v) is 4.52. The Morgan fingerprint density at radius 2 is 1.88 bits per heavy atom. The van der Waals surface area contributed by atoms with Gasteiger partial charge in [-0.15, -0.1) is 0 Å². The maximum atomic E-state index is 8.58. The summed E-state index contributed by atoms with van der Waals surface area (Å²) in [7, 11) is 0. The number of nitriles is 1. The molecule has 1 aliphatic rings. The average Bonchev–Trinajstić information content (AvgIpc) is 2.38. The topological polar surface area (TPSA) is 30.3 Å². The van der Waals surface area contributed by atoms with Crippen molar-refractivity contribution in [2.24, 2.45) is 0 Å². The molecule has 0 saturated carbocycles. The van der Waals surface area contributed by atoms with Crippen LogP contribution >= 0.6 is 0 Å². The van der Waals surface area contributed by atoms with Gasteiger partial charge in [0.05, 0.1) is 6.07 Å². The summed E-state index contributed by atoms with van der Waals surface area (Å²) in [6.45, 7) is 7.34. The first-order valence-electron chi connectivity index (χ1n) is 6.21. The zero-order valence-electron chi connectivity index (χ0n) is 10.4. The van der Waals surface area contributed by atoms with E-state index in [4.69, 9.17) is 5.26 Å². The van der Waals surface area contributed by atoms with Crippen molar-refractivity contribution in [2.45, 2.75) is 13.3 Å². The van der Waals surface area contributed by atoms with Gasteiger partial charge in [-0.05, 0) is 18.6 Å². The maximum absolute atomic E-state index is 8.58. The van der Waals surface area contributed by atoms with E-state index in [-0.39, 0.29) is 0 Å². The molecule has 1 aromatic carbocycles. The first-order chi connectivity index (χ1) is 8.31. The molecule has 2 rings (SSSR count). The third kappa shape index (κ3) is 2.98. The lowest BCUT2D eigenvalue weighted by Crippen LogP contribution is -2.46. The molecular formula is C14H19N3. The molecule has 17 heavy (non-hydrogen) atoms. The quantitative estimate of drug-likeness (QED) is 0.794. The number of nitrogens with zero attached hydrogens (tertiary/aromatic N) is 3. The van der Waals surface area contributed by atoms with Crippen LogP contribution in [0.3, 0.4) is 0 Å². The monoisotopic (exact) mass is 229 g/mol. The van der Waals surface area contributed by atoms with Crippen molar-refractivity contribution < 1.29 is 0 Å². The van der Waals surface area contributed by atoms with Crippen LogP contribution in [0.2, 0.25) is 0 Å². The number of para-hydroxylation sites is 1. The number of hydrogen-bond acceptors (Lipinski definition) is 3. The van der Waals surface area contributed by atoms with Crippen molar-refractivity contribution in [2.75, 3.05) is 37.6 Å². The van der Waals surface area contributed by atoms with E-state index in [1.807, 2.05) is 0 Å². The molecular weight excluding hydrogens is 210 g/mol. The van der Waals surface area contributed by atoms with Gasteiger partial charge in [0.1, 0.15) is 0 Å². The highest BCUT2D eigenvalue weighted by molar-refractivity contribution is 5.53. The molecule has 0 unspecified atom stereocenters. The van der Waals surface area contributed by atoms with Crippen molar-refractivity contribution in [3.63, 3.8) is 0 Å². The van der Waals surface area contributed by atoms with Gasteiger partial charge in [0.25, 0.3) is 0 Å². The molecule has 1 aliphatic heterocycles. The zero-order valence-corrected chi connectivity index (χ0v) is 10.4. The van der Waals surface area contributed by atoms with E-state index >= 15 is 0 Å². The van der Waals surface area contributed by atoms with Crippen LogP contribution in [-0.4, -0.2) is 37.6 Å². The molecule has 0 atom stereocenters. The molecule has 3 heteroatoms. The summed E-state index contributed by atoms with van der Waals surface area (Å²) in [4.78, 5) is 4.82. The second kappa shape index (κ2) is 5.70. The van der Waals surface area contributed by atoms with Gasteiger partial charge >= 0.3 is 0 Å². The van der Waals surface area contributed by atoms with Crippen LogP contribution in [0.25, 0.3) is 0 Å². The highest BCUT2D eigenvalue weighted by Crippen LogP contribution is 2.20. The van der Waals surface area contributed by atoms with Crippen LogP contribution in [0.15, 0.2) is 24.3 Å². The molecule has 1 fully saturated rings. The van der Waals surface area contributed by atoms with Crippen LogP contribution in [0.4, 0.5) is 5.69 Å². The van der Waals surface area contributed by atoms with E-state index in [1.165, 1.54) is 11.3 Å². The highest BCUT2D eigenvalue weighted by atomic mass is 15.3. The second-order valence-electron chi connectivity index (χ2n) is 4.52. The van der Waals surface area contributed by atoms with Gasteiger partial charge in [0, 0.05) is 44.8 Å². The summed E-state index contributed by atoms with van der Waals surface area (Å²) in [5.74, 6) is 0. The third-order valence-electron chi connectivity index (χ3n) is 3.37. The number of rotatable bonds is 3. The minimum Gasteiger partial charge on any atom is -0.369 e. The van der Waals surface area contributed by atoms with Crippen molar-refractivity contribution in [3.05, 3.63) is 29.8 Å². The van der Waals surface area contributed by atoms with Crippen molar-refractivity contribution >= 4 is 5.69 Å². The Morgan fingerprint density at radius 1 is 1.18 bits per heavy atom. The van der Waals surface area contributed by atoms with Crippen molar-refractivity contribution in [1.82, 2.24) is 4.90 Å². The highest BCUT2D eigenvalue weighted by Gasteiger charge is 2.17. The van der Waals surface area contributed by atoms with Crippen LogP contribution in [-0.2, 0) is 0 Å².